The van der Waals surface area contributed by atoms with E-state index in [2.05, 4.69) is 57.3 Å². The van der Waals surface area contributed by atoms with Crippen molar-refractivity contribution in [3.8, 4) is 0 Å². The summed E-state index contributed by atoms with van der Waals surface area (Å²) in [5.74, 6) is 5.77. The van der Waals surface area contributed by atoms with Gasteiger partial charge in [0.1, 0.15) is 0 Å². The maximum absolute atomic E-state index is 7.11. The molecule has 4 saturated carbocycles. The van der Waals surface area contributed by atoms with Crippen molar-refractivity contribution < 1.29 is 14.2 Å². The number of aryl methyl sites for hydroxylation is 1. The lowest BCUT2D eigenvalue weighted by Gasteiger charge is -2.60. The van der Waals surface area contributed by atoms with Crippen molar-refractivity contribution in [3.63, 3.8) is 0 Å². The van der Waals surface area contributed by atoms with Gasteiger partial charge in [0.15, 0.2) is 0 Å². The standard InChI is InChI=1S/C39H61NO3/c1-26-8-10-28(11-9-26)24-41-25-29(21-31-23-40-19-20-42-31)12-15-35-27(2)37-36(43-35)22-34-32-14-13-30-7-5-6-17-38(30,3)33(32)16-18-39(34,37)4/h8-11,27,29-37,40H,5-7,12-25H2,1-4H3/t27-,29?,30?,31?,32-,33+,34+,35?,36+,37+,38+,39+/m1/s1. The van der Waals surface area contributed by atoms with Gasteiger partial charge in [-0.2, -0.15) is 0 Å². The molecule has 1 aromatic carbocycles. The first-order chi connectivity index (χ1) is 20.8. The third-order valence-electron chi connectivity index (χ3n) is 14.4. The molecular weight excluding hydrogens is 530 g/mol. The zero-order valence-electron chi connectivity index (χ0n) is 27.8. The van der Waals surface area contributed by atoms with Gasteiger partial charge in [0.2, 0.25) is 0 Å². The average molecular weight is 592 g/mol. The van der Waals surface area contributed by atoms with Gasteiger partial charge in [0.05, 0.1) is 31.5 Å². The predicted octanol–water partition coefficient (Wildman–Crippen LogP) is 8.35. The number of rotatable bonds is 9. The Kier molecular flexibility index (Phi) is 9.06. The van der Waals surface area contributed by atoms with Crippen molar-refractivity contribution in [2.24, 2.45) is 52.3 Å². The first-order valence-corrected chi connectivity index (χ1v) is 18.5. The largest absolute Gasteiger partial charge is 0.376 e. The average Bonchev–Trinajstić information content (AvgIpc) is 3.49. The zero-order chi connectivity index (χ0) is 29.6. The van der Waals surface area contributed by atoms with Crippen molar-refractivity contribution in [2.45, 2.75) is 130 Å². The van der Waals surface area contributed by atoms with E-state index in [9.17, 15) is 0 Å². The zero-order valence-corrected chi connectivity index (χ0v) is 27.8. The minimum Gasteiger partial charge on any atom is -0.376 e. The first kappa shape index (κ1) is 30.7. The third-order valence-corrected chi connectivity index (χ3v) is 14.4. The molecule has 0 aromatic heterocycles. The van der Waals surface area contributed by atoms with Crippen LogP contribution in [0.4, 0.5) is 0 Å². The maximum Gasteiger partial charge on any atom is 0.0717 e. The second-order valence-corrected chi connectivity index (χ2v) is 16.7. The van der Waals surface area contributed by atoms with Gasteiger partial charge in [-0.1, -0.05) is 63.4 Å². The van der Waals surface area contributed by atoms with Crippen molar-refractivity contribution in [1.82, 2.24) is 5.32 Å². The van der Waals surface area contributed by atoms with Crippen LogP contribution in [0.3, 0.4) is 0 Å². The Hall–Kier alpha value is -0.940. The summed E-state index contributed by atoms with van der Waals surface area (Å²) in [6.45, 7) is 14.4. The number of hydrogen-bond acceptors (Lipinski definition) is 4. The maximum atomic E-state index is 7.11. The Labute approximate surface area is 262 Å². The lowest BCUT2D eigenvalue weighted by molar-refractivity contribution is -0.115. The minimum atomic E-state index is 0.305. The smallest absolute Gasteiger partial charge is 0.0717 e. The van der Waals surface area contributed by atoms with Crippen molar-refractivity contribution >= 4 is 0 Å². The Morgan fingerprint density at radius 1 is 1.00 bits per heavy atom. The SMILES string of the molecule is Cc1ccc(COCC(CCC2O[C@H]3C[C@H]4[C@@H]5CCC6CCCC[C@]6(C)[C@H]5CC[C@]4(C)[C@H]3[C@@H]2C)CC2CNCCO2)cc1. The Balaban J connectivity index is 0.974. The molecule has 2 aliphatic heterocycles. The molecule has 12 atom stereocenters. The van der Waals surface area contributed by atoms with Crippen molar-refractivity contribution in [2.75, 3.05) is 26.3 Å². The summed E-state index contributed by atoms with van der Waals surface area (Å²) in [4.78, 5) is 0. The van der Waals surface area contributed by atoms with E-state index < -0.39 is 0 Å². The predicted molar refractivity (Wildman–Crippen MR) is 174 cm³/mol. The van der Waals surface area contributed by atoms with Crippen molar-refractivity contribution in [3.05, 3.63) is 35.4 Å². The lowest BCUT2D eigenvalue weighted by atomic mass is 9.44. The Morgan fingerprint density at radius 3 is 2.67 bits per heavy atom. The van der Waals surface area contributed by atoms with Gasteiger partial charge in [0.25, 0.3) is 0 Å². The van der Waals surface area contributed by atoms with Crippen LogP contribution >= 0.6 is 0 Å². The molecule has 2 heterocycles. The van der Waals surface area contributed by atoms with Gasteiger partial charge in [-0.05, 0) is 129 Å². The van der Waals surface area contributed by atoms with E-state index in [1.165, 1.54) is 81.8 Å². The normalized spacial score (nSPS) is 44.7. The van der Waals surface area contributed by atoms with E-state index in [0.29, 0.717) is 47.6 Å². The van der Waals surface area contributed by atoms with Crippen LogP contribution in [0.1, 0.15) is 109 Å². The number of morpholine rings is 1. The summed E-state index contributed by atoms with van der Waals surface area (Å²) in [6.07, 6.45) is 17.9. The summed E-state index contributed by atoms with van der Waals surface area (Å²) in [5, 5.41) is 3.54. The molecule has 4 heteroatoms. The summed E-state index contributed by atoms with van der Waals surface area (Å²) < 4.78 is 19.6. The van der Waals surface area contributed by atoms with E-state index in [1.54, 1.807) is 0 Å². The van der Waals surface area contributed by atoms with Crippen LogP contribution in [0, 0.1) is 59.2 Å². The van der Waals surface area contributed by atoms with Gasteiger partial charge in [0, 0.05) is 19.7 Å². The van der Waals surface area contributed by atoms with Crippen LogP contribution in [-0.2, 0) is 20.8 Å². The molecule has 6 aliphatic rings. The quantitative estimate of drug-likeness (QED) is 0.313. The van der Waals surface area contributed by atoms with E-state index in [4.69, 9.17) is 14.2 Å². The van der Waals surface area contributed by atoms with Crippen LogP contribution in [0.15, 0.2) is 24.3 Å². The minimum absolute atomic E-state index is 0.305. The molecule has 0 amide bonds. The van der Waals surface area contributed by atoms with Gasteiger partial charge in [-0.15, -0.1) is 0 Å². The Bertz CT molecular complexity index is 1070. The third kappa shape index (κ3) is 5.90. The van der Waals surface area contributed by atoms with E-state index in [0.717, 1.165) is 62.3 Å². The van der Waals surface area contributed by atoms with E-state index in [1.807, 2.05) is 0 Å². The molecule has 4 unspecified atom stereocenters. The molecule has 1 N–H and O–H groups in total. The number of ether oxygens (including phenoxy) is 3. The summed E-state index contributed by atoms with van der Waals surface area (Å²) >= 11 is 0. The van der Waals surface area contributed by atoms with Gasteiger partial charge >= 0.3 is 0 Å². The number of fused-ring (bicyclic) bond motifs is 7. The molecular formula is C39H61NO3. The van der Waals surface area contributed by atoms with Crippen LogP contribution < -0.4 is 5.32 Å². The van der Waals surface area contributed by atoms with Crippen LogP contribution in [-0.4, -0.2) is 44.6 Å². The first-order valence-electron chi connectivity index (χ1n) is 18.5. The molecule has 6 fully saturated rings. The summed E-state index contributed by atoms with van der Waals surface area (Å²) in [7, 11) is 0. The molecule has 0 bridgehead atoms. The highest BCUT2D eigenvalue weighted by Gasteiger charge is 2.65. The fraction of sp³-hybridized carbons (Fsp3) is 0.846. The molecule has 4 aliphatic carbocycles. The molecule has 0 radical (unpaired) electrons. The number of hydrogen-bond donors (Lipinski definition) is 1. The topological polar surface area (TPSA) is 39.7 Å². The fourth-order valence-corrected chi connectivity index (χ4v) is 12.2. The summed E-state index contributed by atoms with van der Waals surface area (Å²) in [5.41, 5.74) is 3.68. The van der Waals surface area contributed by atoms with Gasteiger partial charge in [-0.3, -0.25) is 0 Å². The molecule has 0 spiro atoms. The molecule has 2 saturated heterocycles. The summed E-state index contributed by atoms with van der Waals surface area (Å²) in [6, 6.07) is 8.78. The highest BCUT2D eigenvalue weighted by molar-refractivity contribution is 5.20. The highest BCUT2D eigenvalue weighted by Crippen LogP contribution is 2.70. The van der Waals surface area contributed by atoms with E-state index in [-0.39, 0.29) is 0 Å². The highest BCUT2D eigenvalue weighted by atomic mass is 16.5. The monoisotopic (exact) mass is 591 g/mol. The van der Waals surface area contributed by atoms with Gasteiger partial charge < -0.3 is 19.5 Å². The molecule has 7 rings (SSSR count). The molecule has 43 heavy (non-hydrogen) atoms. The fourth-order valence-electron chi connectivity index (χ4n) is 12.2. The molecule has 240 valence electrons. The van der Waals surface area contributed by atoms with Crippen molar-refractivity contribution in [1.29, 1.82) is 0 Å². The number of nitrogens with one attached hydrogen (secondary N) is 1. The second kappa shape index (κ2) is 12.7. The van der Waals surface area contributed by atoms with Crippen LogP contribution in [0.2, 0.25) is 0 Å². The van der Waals surface area contributed by atoms with Crippen LogP contribution in [0.5, 0.6) is 0 Å². The number of benzene rings is 1. The van der Waals surface area contributed by atoms with E-state index >= 15 is 0 Å². The molecule has 1 aromatic rings. The lowest BCUT2D eigenvalue weighted by Crippen LogP contribution is -2.53. The van der Waals surface area contributed by atoms with Gasteiger partial charge in [-0.25, -0.2) is 0 Å². The second-order valence-electron chi connectivity index (χ2n) is 16.7. The van der Waals surface area contributed by atoms with Crippen LogP contribution in [0.25, 0.3) is 0 Å². The molecule has 4 nitrogen and oxygen atoms in total. The Morgan fingerprint density at radius 2 is 1.86 bits per heavy atom.